The van der Waals surface area contributed by atoms with E-state index in [2.05, 4.69) is 5.73 Å². The molecule has 0 saturated carbocycles. The van der Waals surface area contributed by atoms with Crippen LogP contribution in [0.5, 0.6) is 0 Å². The second-order valence-electron chi connectivity index (χ2n) is 3.27. The number of nitrogens with two attached hydrogens (primary N) is 1. The molecule has 0 aromatic heterocycles. The van der Waals surface area contributed by atoms with E-state index in [1.165, 1.54) is 0 Å². The Kier molecular flexibility index (Phi) is 5.99. The molecule has 0 atom stereocenters. The normalized spacial score (nSPS) is 9.28. The lowest BCUT2D eigenvalue weighted by Gasteiger charge is -2.06. The van der Waals surface area contributed by atoms with Gasteiger partial charge in [0, 0.05) is 20.6 Å². The first kappa shape index (κ1) is 14.8. The van der Waals surface area contributed by atoms with Gasteiger partial charge in [0.2, 0.25) is 0 Å². The van der Waals surface area contributed by atoms with Crippen molar-refractivity contribution in [2.75, 3.05) is 0 Å². The monoisotopic (exact) mass is 300 g/mol. The van der Waals surface area contributed by atoms with E-state index in [1.807, 2.05) is 42.5 Å². The van der Waals surface area contributed by atoms with Crippen molar-refractivity contribution in [1.82, 2.24) is 0 Å². The van der Waals surface area contributed by atoms with Crippen LogP contribution in [0, 0.1) is 5.41 Å². The van der Waals surface area contributed by atoms with Gasteiger partial charge in [-0.1, -0.05) is 53.0 Å². The van der Waals surface area contributed by atoms with Crippen molar-refractivity contribution in [3.05, 3.63) is 57.5 Å². The third-order valence-electron chi connectivity index (χ3n) is 2.10. The minimum absolute atomic E-state index is 0.643. The number of hydrogen-bond acceptors (Lipinski definition) is 1. The highest BCUT2D eigenvalue weighted by molar-refractivity contribution is 6.39. The Labute approximate surface area is 121 Å². The van der Waals surface area contributed by atoms with Crippen molar-refractivity contribution in [2.45, 2.75) is 0 Å². The van der Waals surface area contributed by atoms with Gasteiger partial charge in [-0.3, -0.25) is 5.41 Å². The number of nitrogens with one attached hydrogen (secondary N) is 1. The highest BCUT2D eigenvalue weighted by atomic mass is 35.5. The maximum atomic E-state index is 6.09. The zero-order chi connectivity index (χ0) is 13.5. The van der Waals surface area contributed by atoms with E-state index in [0.717, 1.165) is 17.5 Å². The molecule has 0 radical (unpaired) electrons. The summed E-state index contributed by atoms with van der Waals surface area (Å²) in [5, 5.41) is 7.84. The Morgan fingerprint density at radius 1 is 0.889 bits per heavy atom. The average Bonchev–Trinajstić information content (AvgIpc) is 2.32. The number of halogens is 3. The van der Waals surface area contributed by atoms with Crippen LogP contribution in [0.2, 0.25) is 15.1 Å². The van der Waals surface area contributed by atoms with Crippen LogP contribution in [0.4, 0.5) is 0 Å². The molecule has 0 aliphatic rings. The number of hydrogen-bond donors (Lipinski definition) is 2. The van der Waals surface area contributed by atoms with Crippen molar-refractivity contribution < 1.29 is 0 Å². The zero-order valence-corrected chi connectivity index (χ0v) is 11.6. The van der Waals surface area contributed by atoms with Crippen LogP contribution in [-0.2, 0) is 0 Å². The van der Waals surface area contributed by atoms with E-state index >= 15 is 0 Å². The fourth-order valence-corrected chi connectivity index (χ4v) is 2.13. The summed E-state index contributed by atoms with van der Waals surface area (Å²) in [7, 11) is 0. The first-order valence-corrected chi connectivity index (χ1v) is 6.14. The molecule has 0 spiro atoms. The Morgan fingerprint density at radius 3 is 1.78 bits per heavy atom. The lowest BCUT2D eigenvalue weighted by molar-refractivity contribution is 1.52. The molecular weight excluding hydrogens is 291 g/mol. The number of benzene rings is 2. The summed E-state index contributed by atoms with van der Waals surface area (Å²) in [5.41, 5.74) is 6.20. The Bertz CT molecular complexity index is 504. The van der Waals surface area contributed by atoms with Crippen molar-refractivity contribution in [2.24, 2.45) is 5.73 Å². The maximum absolute atomic E-state index is 6.09. The molecule has 2 rings (SSSR count). The fraction of sp³-hybridized carbons (Fsp3) is 0. The molecule has 94 valence electrons. The molecule has 0 amide bonds. The molecule has 0 heterocycles. The van der Waals surface area contributed by atoms with Crippen LogP contribution in [0.15, 0.2) is 42.5 Å². The predicted molar refractivity (Wildman–Crippen MR) is 79.9 cm³/mol. The van der Waals surface area contributed by atoms with Gasteiger partial charge in [-0.25, -0.2) is 0 Å². The van der Waals surface area contributed by atoms with Gasteiger partial charge in [0.1, 0.15) is 0 Å². The van der Waals surface area contributed by atoms with Gasteiger partial charge >= 0.3 is 0 Å². The topological polar surface area (TPSA) is 49.9 Å². The lowest BCUT2D eigenvalue weighted by Crippen LogP contribution is -1.81. The molecule has 18 heavy (non-hydrogen) atoms. The quantitative estimate of drug-likeness (QED) is 0.573. The largest absolute Gasteiger partial charge is 0.390 e. The Morgan fingerprint density at radius 2 is 1.33 bits per heavy atom. The summed E-state index contributed by atoms with van der Waals surface area (Å²) in [6.45, 7) is 0. The molecule has 0 saturated heterocycles. The summed E-state index contributed by atoms with van der Waals surface area (Å²) >= 11 is 18.0. The lowest BCUT2D eigenvalue weighted by atomic mass is 10.1. The summed E-state index contributed by atoms with van der Waals surface area (Å²) in [4.78, 5) is 0. The van der Waals surface area contributed by atoms with E-state index in [-0.39, 0.29) is 0 Å². The van der Waals surface area contributed by atoms with E-state index < -0.39 is 0 Å². The number of rotatable bonds is 1. The third kappa shape index (κ3) is 3.91. The van der Waals surface area contributed by atoms with Crippen LogP contribution in [0.3, 0.4) is 0 Å². The van der Waals surface area contributed by atoms with E-state index in [0.29, 0.717) is 15.1 Å². The Hall–Kier alpha value is -1.22. The van der Waals surface area contributed by atoms with E-state index in [4.69, 9.17) is 40.2 Å². The van der Waals surface area contributed by atoms with Crippen LogP contribution >= 0.6 is 34.8 Å². The second-order valence-corrected chi connectivity index (χ2v) is 4.52. The molecule has 0 fully saturated rings. The zero-order valence-electron chi connectivity index (χ0n) is 9.33. The first-order chi connectivity index (χ1) is 8.60. The van der Waals surface area contributed by atoms with Crippen LogP contribution in [0.1, 0.15) is 0 Å². The molecule has 0 aliphatic heterocycles. The third-order valence-corrected chi connectivity index (χ3v) is 2.98. The van der Waals surface area contributed by atoms with Crippen molar-refractivity contribution in [1.29, 1.82) is 5.41 Å². The SMILES string of the molecule is Clc1ccc(-c2c(Cl)cccc2Cl)cc1.N=CN. The van der Waals surface area contributed by atoms with Gasteiger partial charge in [-0.05, 0) is 29.8 Å². The molecule has 0 unspecified atom stereocenters. The van der Waals surface area contributed by atoms with Crippen molar-refractivity contribution in [3.63, 3.8) is 0 Å². The molecule has 3 N–H and O–H groups in total. The molecule has 2 nitrogen and oxygen atoms in total. The Balaban J connectivity index is 0.000000492. The molecule has 0 bridgehead atoms. The molecule has 2 aromatic carbocycles. The smallest absolute Gasteiger partial charge is 0.0765 e. The van der Waals surface area contributed by atoms with E-state index in [1.54, 1.807) is 0 Å². The summed E-state index contributed by atoms with van der Waals surface area (Å²) in [6.07, 6.45) is 0.750. The standard InChI is InChI=1S/C12H7Cl3.CH4N2/c13-9-6-4-8(5-7-9)12-10(14)2-1-3-11(12)15;2-1-3/h1-7H;1H,(H3,2,3). The van der Waals surface area contributed by atoms with Crippen LogP contribution in [-0.4, -0.2) is 6.34 Å². The van der Waals surface area contributed by atoms with Crippen molar-refractivity contribution in [3.8, 4) is 11.1 Å². The second kappa shape index (κ2) is 7.27. The highest BCUT2D eigenvalue weighted by Gasteiger charge is 2.07. The minimum Gasteiger partial charge on any atom is -0.390 e. The van der Waals surface area contributed by atoms with Crippen LogP contribution in [0.25, 0.3) is 11.1 Å². The first-order valence-electron chi connectivity index (χ1n) is 5.00. The summed E-state index contributed by atoms with van der Waals surface area (Å²) in [5.74, 6) is 0. The van der Waals surface area contributed by atoms with Gasteiger partial charge in [-0.15, -0.1) is 0 Å². The predicted octanol–water partition coefficient (Wildman–Crippen LogP) is 4.87. The molecule has 2 aromatic rings. The minimum atomic E-state index is 0.643. The van der Waals surface area contributed by atoms with Gasteiger partial charge in [-0.2, -0.15) is 0 Å². The highest BCUT2D eigenvalue weighted by Crippen LogP contribution is 2.34. The average molecular weight is 302 g/mol. The maximum Gasteiger partial charge on any atom is 0.0765 e. The summed E-state index contributed by atoms with van der Waals surface area (Å²) in [6, 6.07) is 12.9. The molecule has 0 aliphatic carbocycles. The van der Waals surface area contributed by atoms with Gasteiger partial charge in [0.05, 0.1) is 6.34 Å². The van der Waals surface area contributed by atoms with Gasteiger partial charge < -0.3 is 5.73 Å². The van der Waals surface area contributed by atoms with Crippen molar-refractivity contribution >= 4 is 41.1 Å². The molecular formula is C13H11Cl3N2. The summed E-state index contributed by atoms with van der Waals surface area (Å²) < 4.78 is 0. The fourth-order valence-electron chi connectivity index (χ4n) is 1.39. The van der Waals surface area contributed by atoms with Crippen LogP contribution < -0.4 is 5.73 Å². The van der Waals surface area contributed by atoms with Gasteiger partial charge in [0.15, 0.2) is 0 Å². The van der Waals surface area contributed by atoms with E-state index in [9.17, 15) is 0 Å². The molecule has 5 heteroatoms. The van der Waals surface area contributed by atoms with Gasteiger partial charge in [0.25, 0.3) is 0 Å².